The number of likely N-dealkylation sites (tertiary alicyclic amines) is 3. The van der Waals surface area contributed by atoms with Crippen molar-refractivity contribution in [3.05, 3.63) is 82.6 Å². The van der Waals surface area contributed by atoms with E-state index in [1.165, 1.54) is 0 Å². The minimum Gasteiger partial charge on any atom is -0.478 e. The normalized spacial score (nSPS) is 21.6. The van der Waals surface area contributed by atoms with Gasteiger partial charge in [-0.05, 0) is 94.4 Å². The number of carbonyl (C=O) groups is 6. The average molecular weight is 953 g/mol. The quantitative estimate of drug-likeness (QED) is 0.0671. The second kappa shape index (κ2) is 23.3. The van der Waals surface area contributed by atoms with E-state index in [-0.39, 0.29) is 73.1 Å². The third-order valence-corrected chi connectivity index (χ3v) is 12.2. The van der Waals surface area contributed by atoms with Gasteiger partial charge in [-0.25, -0.2) is 35.9 Å². The van der Waals surface area contributed by atoms with Crippen molar-refractivity contribution in [3.8, 4) is 0 Å². The maximum Gasteiger partial charge on any atom is 0.407 e. The number of benzene rings is 2. The summed E-state index contributed by atoms with van der Waals surface area (Å²) in [5, 5.41) is 13.7. The van der Waals surface area contributed by atoms with Crippen molar-refractivity contribution < 1.29 is 69.7 Å². The molecule has 4 saturated heterocycles. The molecule has 0 spiro atoms. The molecule has 5 aliphatic rings. The van der Waals surface area contributed by atoms with E-state index in [2.05, 4.69) is 15.4 Å². The molecule has 7 rings (SSSR count). The average Bonchev–Trinajstić information content (AvgIpc) is 3.55. The van der Waals surface area contributed by atoms with E-state index in [1.54, 1.807) is 30.6 Å². The van der Waals surface area contributed by atoms with Gasteiger partial charge in [0.1, 0.15) is 23.5 Å². The fourth-order valence-electron chi connectivity index (χ4n) is 8.84. The molecule has 2 aromatic rings. The van der Waals surface area contributed by atoms with Crippen LogP contribution >= 0.6 is 0 Å². The standard InChI is InChI=1S/C21H28F3N3O3.C21H26F3N3O2.C4H4O4/c1-21(2,3)30-20(29)26-14(6-13-7-16(23)17(24)9-15(13)22)8-19(28)27-5-4-12-10-25-11-18(12)27;22-16-9-18(24)17(23)7-14(16)6-15(25)8-21(29)27-4-3-13-10-26(11-19(13)27)20(28)5-12-1-2-12;5-3-8-2-1-4(6)7/h7,9,12,14,18,25H,4-6,8,10-11H2,1-3H3,(H,26,29);7,9,12-13,15,19H,1-6,8,10-11,25H2;1-3H,(H,6,7)/b;;2-1+/t12-,14+,18+;13-,15+,19+;/m00./s1. The van der Waals surface area contributed by atoms with Crippen molar-refractivity contribution in [1.29, 1.82) is 0 Å². The van der Waals surface area contributed by atoms with E-state index in [9.17, 15) is 55.1 Å². The monoisotopic (exact) mass is 952 g/mol. The number of ether oxygens (including phenoxy) is 2. The summed E-state index contributed by atoms with van der Waals surface area (Å²) in [7, 11) is 0. The van der Waals surface area contributed by atoms with Crippen molar-refractivity contribution in [2.24, 2.45) is 23.5 Å². The Morgan fingerprint density at radius 3 is 1.93 bits per heavy atom. The second-order valence-corrected chi connectivity index (χ2v) is 18.5. The molecule has 4 amide bonds. The Bertz CT molecular complexity index is 2160. The molecular formula is C46H58F6N6O9. The number of halogens is 6. The molecule has 0 aromatic heterocycles. The van der Waals surface area contributed by atoms with Crippen molar-refractivity contribution >= 4 is 36.3 Å². The summed E-state index contributed by atoms with van der Waals surface area (Å²) in [4.78, 5) is 74.7. The minimum absolute atomic E-state index is 0.00231. The zero-order valence-electron chi connectivity index (χ0n) is 37.6. The molecule has 67 heavy (non-hydrogen) atoms. The van der Waals surface area contributed by atoms with Crippen LogP contribution in [0.1, 0.15) is 76.8 Å². The van der Waals surface area contributed by atoms with Crippen LogP contribution in [0, 0.1) is 52.7 Å². The fraction of sp³-hybridized carbons (Fsp3) is 0.565. The zero-order chi connectivity index (χ0) is 49.2. The summed E-state index contributed by atoms with van der Waals surface area (Å²) in [5.41, 5.74) is 5.09. The summed E-state index contributed by atoms with van der Waals surface area (Å²) < 4.78 is 90.4. The van der Waals surface area contributed by atoms with E-state index < -0.39 is 64.7 Å². The lowest BCUT2D eigenvalue weighted by molar-refractivity contribution is -0.134. The molecule has 21 heteroatoms. The first-order chi connectivity index (χ1) is 31.6. The summed E-state index contributed by atoms with van der Waals surface area (Å²) >= 11 is 0. The molecule has 4 aliphatic heterocycles. The third kappa shape index (κ3) is 15.4. The van der Waals surface area contributed by atoms with Gasteiger partial charge < -0.3 is 45.6 Å². The van der Waals surface area contributed by atoms with E-state index in [1.807, 2.05) is 4.90 Å². The first-order valence-corrected chi connectivity index (χ1v) is 22.2. The van der Waals surface area contributed by atoms with Crippen LogP contribution in [-0.4, -0.2) is 125 Å². The molecule has 1 aliphatic carbocycles. The van der Waals surface area contributed by atoms with Gasteiger partial charge >= 0.3 is 12.1 Å². The Hall–Kier alpha value is -5.70. The van der Waals surface area contributed by atoms with Gasteiger partial charge in [0, 0.05) is 94.7 Å². The SMILES string of the molecule is CC(C)(C)OC(=O)N[C@@H](CC(=O)N1CC[C@H]2CNC[C@H]21)Cc1cc(F)c(F)cc1F.N[C@@H](CC(=O)N1CC[C@H]2CN(C(=O)CC3CC3)C[C@H]21)Cc1cc(F)c(F)cc1F.O=CO/C=C/C(=O)O. The predicted molar refractivity (Wildman–Crippen MR) is 228 cm³/mol. The maximum absolute atomic E-state index is 14.2. The molecule has 4 heterocycles. The van der Waals surface area contributed by atoms with E-state index in [4.69, 9.17) is 15.6 Å². The van der Waals surface area contributed by atoms with Gasteiger partial charge in [0.05, 0.1) is 12.1 Å². The highest BCUT2D eigenvalue weighted by Gasteiger charge is 2.45. The van der Waals surface area contributed by atoms with Gasteiger partial charge in [-0.15, -0.1) is 0 Å². The van der Waals surface area contributed by atoms with Crippen molar-refractivity contribution in [3.63, 3.8) is 0 Å². The number of nitrogens with two attached hydrogens (primary N) is 1. The molecule has 0 unspecified atom stereocenters. The van der Waals surface area contributed by atoms with Crippen LogP contribution in [0.15, 0.2) is 36.6 Å². The predicted octanol–water partition coefficient (Wildman–Crippen LogP) is 4.73. The Balaban J connectivity index is 0.000000216. The Morgan fingerprint density at radius 1 is 0.776 bits per heavy atom. The lowest BCUT2D eigenvalue weighted by atomic mass is 10.0. The van der Waals surface area contributed by atoms with Gasteiger partial charge in [-0.2, -0.15) is 0 Å². The summed E-state index contributed by atoms with van der Waals surface area (Å²) in [6.07, 6.45) is 5.06. The first kappa shape index (κ1) is 52.3. The van der Waals surface area contributed by atoms with Crippen LogP contribution in [0.25, 0.3) is 0 Å². The summed E-state index contributed by atoms with van der Waals surface area (Å²) in [5.74, 6) is -6.69. The van der Waals surface area contributed by atoms with Crippen molar-refractivity contribution in [2.75, 3.05) is 39.3 Å². The van der Waals surface area contributed by atoms with Crippen LogP contribution in [0.5, 0.6) is 0 Å². The van der Waals surface area contributed by atoms with Crippen molar-refractivity contribution in [2.45, 2.75) is 108 Å². The Morgan fingerprint density at radius 2 is 1.34 bits per heavy atom. The number of carboxylic acids is 1. The summed E-state index contributed by atoms with van der Waals surface area (Å²) in [6, 6.07) is 1.10. The molecule has 2 aromatic carbocycles. The lowest BCUT2D eigenvalue weighted by Crippen LogP contribution is -2.46. The van der Waals surface area contributed by atoms with E-state index in [0.29, 0.717) is 68.6 Å². The number of carbonyl (C=O) groups excluding carboxylic acids is 5. The van der Waals surface area contributed by atoms with Crippen LogP contribution in [0.2, 0.25) is 0 Å². The molecular weight excluding hydrogens is 895 g/mol. The molecule has 1 saturated carbocycles. The van der Waals surface area contributed by atoms with Gasteiger partial charge in [-0.3, -0.25) is 19.2 Å². The highest BCUT2D eigenvalue weighted by molar-refractivity contribution is 5.80. The zero-order valence-corrected chi connectivity index (χ0v) is 37.6. The first-order valence-electron chi connectivity index (χ1n) is 22.2. The van der Waals surface area contributed by atoms with Gasteiger partial charge in [0.25, 0.3) is 6.47 Å². The van der Waals surface area contributed by atoms with E-state index in [0.717, 1.165) is 57.2 Å². The molecule has 5 N–H and O–H groups in total. The number of nitrogens with one attached hydrogen (secondary N) is 2. The number of alkyl carbamates (subject to hydrolysis) is 1. The van der Waals surface area contributed by atoms with Crippen LogP contribution in [0.4, 0.5) is 31.1 Å². The summed E-state index contributed by atoms with van der Waals surface area (Å²) in [6.45, 7) is 9.34. The molecule has 6 atom stereocenters. The van der Waals surface area contributed by atoms with Gasteiger partial charge in [0.15, 0.2) is 23.3 Å². The number of amides is 4. The van der Waals surface area contributed by atoms with Crippen molar-refractivity contribution in [1.82, 2.24) is 25.3 Å². The number of hydrogen-bond donors (Lipinski definition) is 4. The number of carboxylic acid groups (broad SMARTS) is 1. The number of rotatable bonds is 14. The Labute approximate surface area is 384 Å². The van der Waals surface area contributed by atoms with Gasteiger partial charge in [0.2, 0.25) is 17.7 Å². The molecule has 5 fully saturated rings. The van der Waals surface area contributed by atoms with Crippen LogP contribution in [-0.2, 0) is 46.3 Å². The maximum atomic E-state index is 14.2. The van der Waals surface area contributed by atoms with Crippen LogP contribution < -0.4 is 16.4 Å². The highest BCUT2D eigenvalue weighted by Crippen LogP contribution is 2.36. The molecule has 0 bridgehead atoms. The number of aliphatic carboxylic acids is 1. The largest absolute Gasteiger partial charge is 0.478 e. The van der Waals surface area contributed by atoms with Crippen LogP contribution in [0.3, 0.4) is 0 Å². The van der Waals surface area contributed by atoms with Gasteiger partial charge in [-0.1, -0.05) is 0 Å². The molecule has 0 radical (unpaired) electrons. The Kier molecular flexibility index (Phi) is 18.2. The molecule has 368 valence electrons. The second-order valence-electron chi connectivity index (χ2n) is 18.5. The minimum atomic E-state index is -1.29. The molecule has 15 nitrogen and oxygen atoms in total. The topological polar surface area (TPSA) is 201 Å². The third-order valence-electron chi connectivity index (χ3n) is 12.2. The smallest absolute Gasteiger partial charge is 0.407 e. The number of fused-ring (bicyclic) bond motifs is 2. The van der Waals surface area contributed by atoms with E-state index >= 15 is 0 Å². The highest BCUT2D eigenvalue weighted by atomic mass is 19.2. The number of hydrogen-bond acceptors (Lipinski definition) is 10. The fourth-order valence-corrected chi connectivity index (χ4v) is 8.84. The number of nitrogens with zero attached hydrogens (tertiary/aromatic N) is 3. The lowest BCUT2D eigenvalue weighted by Gasteiger charge is -2.27.